The van der Waals surface area contributed by atoms with Gasteiger partial charge in [0.15, 0.2) is 0 Å². The second-order valence-corrected chi connectivity index (χ2v) is 3.94. The summed E-state index contributed by atoms with van der Waals surface area (Å²) >= 11 is 0. The zero-order valence-corrected chi connectivity index (χ0v) is 10.8. The van der Waals surface area contributed by atoms with Crippen LogP contribution in [0.2, 0.25) is 0 Å². The van der Waals surface area contributed by atoms with E-state index in [1.165, 1.54) is 0 Å². The monoisotopic (exact) mass is 277 g/mol. The van der Waals surface area contributed by atoms with E-state index in [-0.39, 0.29) is 13.0 Å². The summed E-state index contributed by atoms with van der Waals surface area (Å²) in [6.07, 6.45) is 1.66. The number of benzene rings is 1. The summed E-state index contributed by atoms with van der Waals surface area (Å²) in [4.78, 5) is 10.3. The molecule has 0 aliphatic rings. The molecule has 0 aliphatic carbocycles. The van der Waals surface area contributed by atoms with Crippen molar-refractivity contribution in [2.75, 3.05) is 19.8 Å². The van der Waals surface area contributed by atoms with Gasteiger partial charge in [0, 0.05) is 0 Å². The van der Waals surface area contributed by atoms with Crippen LogP contribution in [0.15, 0.2) is 36.5 Å². The second-order valence-electron chi connectivity index (χ2n) is 3.94. The van der Waals surface area contributed by atoms with Crippen molar-refractivity contribution < 1.29 is 19.4 Å². The van der Waals surface area contributed by atoms with Gasteiger partial charge in [-0.3, -0.25) is 4.79 Å². The molecule has 7 heteroatoms. The van der Waals surface area contributed by atoms with Gasteiger partial charge in [-0.15, -0.1) is 0 Å². The second kappa shape index (κ2) is 7.25. The lowest BCUT2D eigenvalue weighted by Crippen LogP contribution is -2.09. The van der Waals surface area contributed by atoms with E-state index in [2.05, 4.69) is 10.3 Å². The average molecular weight is 277 g/mol. The molecule has 0 saturated heterocycles. The number of aromatic nitrogens is 3. The first-order valence-corrected chi connectivity index (χ1v) is 6.16. The summed E-state index contributed by atoms with van der Waals surface area (Å²) in [7, 11) is 0. The molecule has 0 aliphatic heterocycles. The highest BCUT2D eigenvalue weighted by Gasteiger charge is 2.03. The Balaban J connectivity index is 1.72. The van der Waals surface area contributed by atoms with Gasteiger partial charge < -0.3 is 14.6 Å². The maximum Gasteiger partial charge on any atom is 0.305 e. The van der Waals surface area contributed by atoms with Gasteiger partial charge in [0.1, 0.15) is 6.61 Å². The summed E-state index contributed by atoms with van der Waals surface area (Å²) in [5.41, 5.74) is 0.896. The van der Waals surface area contributed by atoms with Crippen LogP contribution in [0.1, 0.15) is 6.42 Å². The van der Waals surface area contributed by atoms with Crippen LogP contribution in [-0.2, 0) is 9.53 Å². The highest BCUT2D eigenvalue weighted by atomic mass is 16.5. The van der Waals surface area contributed by atoms with Gasteiger partial charge in [-0.25, -0.2) is 4.68 Å². The third kappa shape index (κ3) is 4.36. The van der Waals surface area contributed by atoms with Crippen molar-refractivity contribution in [3.05, 3.63) is 36.5 Å². The Labute approximate surface area is 115 Å². The fourth-order valence-electron chi connectivity index (χ4n) is 1.49. The molecule has 1 aromatic heterocycles. The number of ether oxygens (including phenoxy) is 2. The van der Waals surface area contributed by atoms with Crippen molar-refractivity contribution >= 4 is 5.97 Å². The van der Waals surface area contributed by atoms with Gasteiger partial charge in [0.25, 0.3) is 5.88 Å². The molecule has 106 valence electrons. The summed E-state index contributed by atoms with van der Waals surface area (Å²) in [6, 6.07) is 9.56. The van der Waals surface area contributed by atoms with Gasteiger partial charge in [0.05, 0.1) is 31.5 Å². The third-order valence-corrected chi connectivity index (χ3v) is 2.43. The van der Waals surface area contributed by atoms with Gasteiger partial charge in [-0.2, -0.15) is 0 Å². The first-order chi connectivity index (χ1) is 9.75. The summed E-state index contributed by atoms with van der Waals surface area (Å²) in [6.45, 7) is 0.786. The Bertz CT molecular complexity index is 542. The maximum absolute atomic E-state index is 10.3. The van der Waals surface area contributed by atoms with Crippen LogP contribution in [-0.4, -0.2) is 45.9 Å². The molecule has 0 atom stereocenters. The molecule has 7 nitrogen and oxygen atoms in total. The summed E-state index contributed by atoms with van der Waals surface area (Å²) in [5, 5.41) is 16.3. The molecule has 0 bridgehead atoms. The number of aliphatic carboxylic acids is 1. The van der Waals surface area contributed by atoms with Crippen LogP contribution >= 0.6 is 0 Å². The minimum atomic E-state index is -0.878. The van der Waals surface area contributed by atoms with E-state index in [1.807, 2.05) is 30.3 Å². The largest absolute Gasteiger partial charge is 0.481 e. The number of para-hydroxylation sites is 1. The van der Waals surface area contributed by atoms with Crippen molar-refractivity contribution in [1.29, 1.82) is 0 Å². The molecule has 0 fully saturated rings. The molecule has 1 N–H and O–H groups in total. The first kappa shape index (κ1) is 14.0. The molecule has 2 aromatic rings. The van der Waals surface area contributed by atoms with E-state index in [0.717, 1.165) is 5.69 Å². The highest BCUT2D eigenvalue weighted by Crippen LogP contribution is 2.09. The first-order valence-electron chi connectivity index (χ1n) is 6.16. The Kier molecular flexibility index (Phi) is 5.08. The number of carboxylic acids is 1. The summed E-state index contributed by atoms with van der Waals surface area (Å²) < 4.78 is 12.1. The molecule has 1 heterocycles. The van der Waals surface area contributed by atoms with Gasteiger partial charge in [0.2, 0.25) is 0 Å². The van der Waals surface area contributed by atoms with E-state index in [1.54, 1.807) is 10.9 Å². The molecule has 0 amide bonds. The lowest BCUT2D eigenvalue weighted by atomic mass is 10.3. The van der Waals surface area contributed by atoms with Gasteiger partial charge >= 0.3 is 5.97 Å². The van der Waals surface area contributed by atoms with E-state index in [4.69, 9.17) is 14.6 Å². The van der Waals surface area contributed by atoms with E-state index in [9.17, 15) is 4.79 Å². The zero-order chi connectivity index (χ0) is 14.2. The predicted octanol–water partition coefficient (Wildman–Crippen LogP) is 1.14. The molecule has 0 unspecified atom stereocenters. The zero-order valence-electron chi connectivity index (χ0n) is 10.8. The Hall–Kier alpha value is -2.41. The summed E-state index contributed by atoms with van der Waals surface area (Å²) in [5.74, 6) is -0.479. The van der Waals surface area contributed by atoms with Gasteiger partial charge in [-0.1, -0.05) is 28.5 Å². The lowest BCUT2D eigenvalue weighted by molar-refractivity contribution is -0.138. The number of hydrogen-bond donors (Lipinski definition) is 1. The SMILES string of the molecule is O=C(O)CCOCCOc1cn(-c2ccccc2)nn1. The topological polar surface area (TPSA) is 86.5 Å². The van der Waals surface area contributed by atoms with Crippen molar-refractivity contribution in [3.8, 4) is 11.6 Å². The number of carbonyl (C=O) groups is 1. The smallest absolute Gasteiger partial charge is 0.305 e. The Morgan fingerprint density at radius 3 is 2.75 bits per heavy atom. The molecular weight excluding hydrogens is 262 g/mol. The quantitative estimate of drug-likeness (QED) is 0.728. The van der Waals surface area contributed by atoms with E-state index < -0.39 is 5.97 Å². The molecule has 2 rings (SSSR count). The molecular formula is C13H15N3O4. The minimum absolute atomic E-state index is 0.00973. The van der Waals surface area contributed by atoms with Crippen molar-refractivity contribution in [2.45, 2.75) is 6.42 Å². The van der Waals surface area contributed by atoms with E-state index >= 15 is 0 Å². The Morgan fingerprint density at radius 1 is 1.20 bits per heavy atom. The van der Waals surface area contributed by atoms with Crippen molar-refractivity contribution in [3.63, 3.8) is 0 Å². The fraction of sp³-hybridized carbons (Fsp3) is 0.308. The molecule has 0 spiro atoms. The fourth-order valence-corrected chi connectivity index (χ4v) is 1.49. The van der Waals surface area contributed by atoms with Gasteiger partial charge in [-0.05, 0) is 12.1 Å². The normalized spacial score (nSPS) is 10.4. The predicted molar refractivity (Wildman–Crippen MR) is 69.9 cm³/mol. The molecule has 1 aromatic carbocycles. The maximum atomic E-state index is 10.3. The molecule has 0 radical (unpaired) electrons. The standard InChI is InChI=1S/C13H15N3O4/c17-13(18)6-7-19-8-9-20-12-10-16(15-14-12)11-4-2-1-3-5-11/h1-5,10H,6-9H2,(H,17,18). The average Bonchev–Trinajstić information content (AvgIpc) is 2.92. The molecule has 20 heavy (non-hydrogen) atoms. The van der Waals surface area contributed by atoms with E-state index in [0.29, 0.717) is 19.1 Å². The van der Waals surface area contributed by atoms with Crippen LogP contribution in [0, 0.1) is 0 Å². The number of hydrogen-bond acceptors (Lipinski definition) is 5. The third-order valence-electron chi connectivity index (χ3n) is 2.43. The minimum Gasteiger partial charge on any atom is -0.481 e. The Morgan fingerprint density at radius 2 is 2.00 bits per heavy atom. The van der Waals surface area contributed by atoms with Crippen molar-refractivity contribution in [2.24, 2.45) is 0 Å². The lowest BCUT2D eigenvalue weighted by Gasteiger charge is -2.02. The van der Waals surface area contributed by atoms with Crippen LogP contribution in [0.5, 0.6) is 5.88 Å². The van der Waals surface area contributed by atoms with Crippen molar-refractivity contribution in [1.82, 2.24) is 15.0 Å². The molecule has 0 saturated carbocycles. The number of nitrogens with zero attached hydrogens (tertiary/aromatic N) is 3. The van der Waals surface area contributed by atoms with Crippen LogP contribution in [0.3, 0.4) is 0 Å². The number of rotatable bonds is 8. The van der Waals surface area contributed by atoms with Crippen LogP contribution < -0.4 is 4.74 Å². The number of carboxylic acid groups (broad SMARTS) is 1. The van der Waals surface area contributed by atoms with Crippen LogP contribution in [0.25, 0.3) is 5.69 Å². The highest BCUT2D eigenvalue weighted by molar-refractivity contribution is 5.66. The van der Waals surface area contributed by atoms with Crippen LogP contribution in [0.4, 0.5) is 0 Å².